The number of nitrogens with zero attached hydrogens (tertiary/aromatic N) is 1. The summed E-state index contributed by atoms with van der Waals surface area (Å²) in [5.74, 6) is 1.29. The number of rotatable bonds is 6. The van der Waals surface area contributed by atoms with E-state index in [1.165, 1.54) is 63.9 Å². The maximum Gasteiger partial charge on any atom is 0.0195 e. The Morgan fingerprint density at radius 2 is 2.11 bits per heavy atom. The number of nitrogens with one attached hydrogen (secondary N) is 1. The lowest BCUT2D eigenvalue weighted by Crippen LogP contribution is -2.49. The average Bonchev–Trinajstić information content (AvgIpc) is 2.86. The van der Waals surface area contributed by atoms with Crippen molar-refractivity contribution in [2.45, 2.75) is 69.7 Å². The van der Waals surface area contributed by atoms with Crippen LogP contribution in [0.3, 0.4) is 0 Å². The molecule has 0 aromatic carbocycles. The Bertz CT molecular complexity index is 235. The maximum absolute atomic E-state index is 3.71. The first kappa shape index (κ1) is 14.7. The van der Waals surface area contributed by atoms with E-state index in [1.807, 2.05) is 0 Å². The Morgan fingerprint density at radius 3 is 2.89 bits per heavy atom. The highest BCUT2D eigenvalue weighted by atomic mass is 32.2. The molecular formula is C15H30N2S. The fraction of sp³-hybridized carbons (Fsp3) is 1.00. The van der Waals surface area contributed by atoms with Crippen molar-refractivity contribution in [1.29, 1.82) is 0 Å². The number of thioether (sulfide) groups is 1. The van der Waals surface area contributed by atoms with Crippen LogP contribution in [-0.4, -0.2) is 47.6 Å². The van der Waals surface area contributed by atoms with Gasteiger partial charge in [0, 0.05) is 23.9 Å². The van der Waals surface area contributed by atoms with Gasteiger partial charge < -0.3 is 5.32 Å². The van der Waals surface area contributed by atoms with Gasteiger partial charge in [-0.1, -0.05) is 13.8 Å². The van der Waals surface area contributed by atoms with Gasteiger partial charge in [0.25, 0.3) is 0 Å². The van der Waals surface area contributed by atoms with Crippen LogP contribution in [0, 0.1) is 0 Å². The smallest absolute Gasteiger partial charge is 0.0195 e. The van der Waals surface area contributed by atoms with E-state index in [4.69, 9.17) is 0 Å². The first-order valence-corrected chi connectivity index (χ1v) is 8.97. The summed E-state index contributed by atoms with van der Waals surface area (Å²) < 4.78 is 0. The van der Waals surface area contributed by atoms with Gasteiger partial charge in [-0.3, -0.25) is 4.90 Å². The van der Waals surface area contributed by atoms with Gasteiger partial charge in [-0.15, -0.1) is 0 Å². The molecule has 2 nitrogen and oxygen atoms in total. The van der Waals surface area contributed by atoms with Crippen molar-refractivity contribution in [3.63, 3.8) is 0 Å². The van der Waals surface area contributed by atoms with Crippen LogP contribution in [-0.2, 0) is 0 Å². The number of hydrogen-bond donors (Lipinski definition) is 1. The Morgan fingerprint density at radius 1 is 1.22 bits per heavy atom. The summed E-state index contributed by atoms with van der Waals surface area (Å²) in [4.78, 5) is 2.78. The number of hydrogen-bond acceptors (Lipinski definition) is 3. The zero-order chi connectivity index (χ0) is 12.8. The van der Waals surface area contributed by atoms with Gasteiger partial charge in [0.15, 0.2) is 0 Å². The van der Waals surface area contributed by atoms with E-state index in [-0.39, 0.29) is 0 Å². The van der Waals surface area contributed by atoms with Gasteiger partial charge in [0.1, 0.15) is 0 Å². The predicted molar refractivity (Wildman–Crippen MR) is 82.4 cm³/mol. The summed E-state index contributed by atoms with van der Waals surface area (Å²) in [5, 5.41) is 4.66. The first-order chi connectivity index (χ1) is 8.83. The normalized spacial score (nSPS) is 34.0. The predicted octanol–water partition coefficient (Wildman–Crippen LogP) is 3.12. The summed E-state index contributed by atoms with van der Waals surface area (Å²) in [6.07, 6.45) is 8.37. The van der Waals surface area contributed by atoms with Crippen LogP contribution in [0.25, 0.3) is 0 Å². The van der Waals surface area contributed by atoms with Gasteiger partial charge in [0.05, 0.1) is 0 Å². The Balaban J connectivity index is 1.75. The third-order valence-electron chi connectivity index (χ3n) is 4.41. The van der Waals surface area contributed by atoms with E-state index in [2.05, 4.69) is 35.8 Å². The topological polar surface area (TPSA) is 15.3 Å². The fourth-order valence-corrected chi connectivity index (χ4v) is 4.62. The Kier molecular flexibility index (Phi) is 6.33. The molecule has 2 aliphatic rings. The Labute approximate surface area is 117 Å². The second kappa shape index (κ2) is 7.76. The van der Waals surface area contributed by atoms with Crippen molar-refractivity contribution in [1.82, 2.24) is 10.2 Å². The lowest BCUT2D eigenvalue weighted by atomic mass is 10.0. The van der Waals surface area contributed by atoms with E-state index in [1.54, 1.807) is 0 Å². The van der Waals surface area contributed by atoms with Gasteiger partial charge in [-0.25, -0.2) is 0 Å². The molecule has 0 aromatic rings. The largest absolute Gasteiger partial charge is 0.313 e. The molecule has 1 saturated carbocycles. The molecule has 1 heterocycles. The molecule has 3 heteroatoms. The van der Waals surface area contributed by atoms with Gasteiger partial charge in [-0.05, 0) is 57.4 Å². The van der Waals surface area contributed by atoms with E-state index >= 15 is 0 Å². The summed E-state index contributed by atoms with van der Waals surface area (Å²) in [7, 11) is 0. The summed E-state index contributed by atoms with van der Waals surface area (Å²) >= 11 is 2.18. The summed E-state index contributed by atoms with van der Waals surface area (Å²) in [5.41, 5.74) is 0. The molecule has 2 rings (SSSR count). The molecule has 2 fully saturated rings. The standard InChI is InChI=1S/C15H30N2S/c1-3-9-16-13-6-5-10-17(12-13)14-7-8-15(11-14)18-4-2/h13-16H,3-12H2,1-2H3. The molecule has 0 aromatic heterocycles. The van der Waals surface area contributed by atoms with Crippen LogP contribution in [0.2, 0.25) is 0 Å². The highest BCUT2D eigenvalue weighted by Crippen LogP contribution is 2.33. The van der Waals surface area contributed by atoms with Crippen molar-refractivity contribution < 1.29 is 0 Å². The molecule has 0 amide bonds. The van der Waals surface area contributed by atoms with Crippen LogP contribution in [0.1, 0.15) is 52.4 Å². The van der Waals surface area contributed by atoms with Crippen LogP contribution < -0.4 is 5.32 Å². The van der Waals surface area contributed by atoms with E-state index < -0.39 is 0 Å². The first-order valence-electron chi connectivity index (χ1n) is 7.92. The minimum Gasteiger partial charge on any atom is -0.313 e. The number of piperidine rings is 1. The van der Waals surface area contributed by atoms with Gasteiger partial charge in [-0.2, -0.15) is 11.8 Å². The van der Waals surface area contributed by atoms with Gasteiger partial charge in [0.2, 0.25) is 0 Å². The monoisotopic (exact) mass is 270 g/mol. The second-order valence-corrected chi connectivity index (χ2v) is 7.41. The molecule has 0 bridgehead atoms. The summed E-state index contributed by atoms with van der Waals surface area (Å²) in [6.45, 7) is 8.39. The minimum absolute atomic E-state index is 0.761. The maximum atomic E-state index is 3.71. The van der Waals surface area contributed by atoms with Gasteiger partial charge >= 0.3 is 0 Å². The molecule has 3 atom stereocenters. The van der Waals surface area contributed by atoms with Crippen molar-refractivity contribution in [3.8, 4) is 0 Å². The quantitative estimate of drug-likeness (QED) is 0.798. The molecule has 1 saturated heterocycles. The Hall–Kier alpha value is 0.270. The van der Waals surface area contributed by atoms with Crippen molar-refractivity contribution in [3.05, 3.63) is 0 Å². The van der Waals surface area contributed by atoms with Crippen LogP contribution in [0.5, 0.6) is 0 Å². The van der Waals surface area contributed by atoms with E-state index in [0.29, 0.717) is 0 Å². The fourth-order valence-electron chi connectivity index (χ4n) is 3.49. The minimum atomic E-state index is 0.761. The van der Waals surface area contributed by atoms with Crippen LogP contribution in [0.4, 0.5) is 0 Å². The van der Waals surface area contributed by atoms with E-state index in [0.717, 1.165) is 17.3 Å². The third kappa shape index (κ3) is 4.14. The molecular weight excluding hydrogens is 240 g/mol. The zero-order valence-electron chi connectivity index (χ0n) is 12.2. The highest BCUT2D eigenvalue weighted by Gasteiger charge is 2.31. The van der Waals surface area contributed by atoms with E-state index in [9.17, 15) is 0 Å². The van der Waals surface area contributed by atoms with Crippen molar-refractivity contribution in [2.75, 3.05) is 25.4 Å². The highest BCUT2D eigenvalue weighted by molar-refractivity contribution is 7.99. The molecule has 0 spiro atoms. The van der Waals surface area contributed by atoms with Crippen LogP contribution in [0.15, 0.2) is 0 Å². The lowest BCUT2D eigenvalue weighted by molar-refractivity contribution is 0.139. The number of likely N-dealkylation sites (tertiary alicyclic amines) is 1. The molecule has 1 N–H and O–H groups in total. The zero-order valence-corrected chi connectivity index (χ0v) is 13.0. The second-order valence-electron chi connectivity index (χ2n) is 5.83. The molecule has 1 aliphatic heterocycles. The molecule has 106 valence electrons. The molecule has 0 radical (unpaired) electrons. The molecule has 3 unspecified atom stereocenters. The molecule has 18 heavy (non-hydrogen) atoms. The molecule has 1 aliphatic carbocycles. The van der Waals surface area contributed by atoms with Crippen molar-refractivity contribution >= 4 is 11.8 Å². The summed E-state index contributed by atoms with van der Waals surface area (Å²) in [6, 6.07) is 1.65. The average molecular weight is 270 g/mol. The SMILES string of the molecule is CCCNC1CCCN(C2CCC(SCC)C2)C1. The van der Waals surface area contributed by atoms with Crippen molar-refractivity contribution in [2.24, 2.45) is 0 Å². The van der Waals surface area contributed by atoms with Crippen LogP contribution >= 0.6 is 11.8 Å². The lowest BCUT2D eigenvalue weighted by Gasteiger charge is -2.37. The third-order valence-corrected chi connectivity index (χ3v) is 5.64.